The number of likely N-dealkylation sites (tertiary alicyclic amines) is 1. The number of carbonyl (C=O) groups is 1. The summed E-state index contributed by atoms with van der Waals surface area (Å²) >= 11 is 0. The van der Waals surface area contributed by atoms with E-state index in [-0.39, 0.29) is 11.8 Å². The SMILES string of the molecule is COc1cccc(Oc2cc(C)nc(C3CCCN(C(=O)c4cccc(-n5cnnc5)c4)C3)n2)c1. The molecule has 0 spiro atoms. The average Bonchev–Trinajstić information content (AvgIpc) is 3.43. The van der Waals surface area contributed by atoms with Crippen LogP contribution in [0.25, 0.3) is 5.69 Å². The maximum Gasteiger partial charge on any atom is 0.253 e. The molecule has 9 nitrogen and oxygen atoms in total. The lowest BCUT2D eigenvalue weighted by Gasteiger charge is -2.32. The van der Waals surface area contributed by atoms with E-state index < -0.39 is 0 Å². The molecular weight excluding hydrogens is 444 g/mol. The van der Waals surface area contributed by atoms with Crippen LogP contribution < -0.4 is 9.47 Å². The molecule has 1 aliphatic heterocycles. The molecule has 35 heavy (non-hydrogen) atoms. The van der Waals surface area contributed by atoms with Gasteiger partial charge in [0, 0.05) is 48.1 Å². The zero-order valence-corrected chi connectivity index (χ0v) is 19.7. The molecule has 1 atom stereocenters. The Hall–Kier alpha value is -4.27. The fourth-order valence-corrected chi connectivity index (χ4v) is 4.27. The van der Waals surface area contributed by atoms with Crippen LogP contribution in [0.4, 0.5) is 0 Å². The van der Waals surface area contributed by atoms with E-state index in [0.29, 0.717) is 41.9 Å². The van der Waals surface area contributed by atoms with Crippen molar-refractivity contribution < 1.29 is 14.3 Å². The van der Waals surface area contributed by atoms with Crippen molar-refractivity contribution in [3.05, 3.63) is 84.3 Å². The summed E-state index contributed by atoms with van der Waals surface area (Å²) in [7, 11) is 1.62. The normalized spacial score (nSPS) is 15.6. The van der Waals surface area contributed by atoms with Crippen molar-refractivity contribution in [3.8, 4) is 23.1 Å². The van der Waals surface area contributed by atoms with E-state index in [2.05, 4.69) is 15.2 Å². The van der Waals surface area contributed by atoms with Crippen molar-refractivity contribution in [2.45, 2.75) is 25.7 Å². The molecule has 0 saturated carbocycles. The topological polar surface area (TPSA) is 95.3 Å². The van der Waals surface area contributed by atoms with Gasteiger partial charge in [0.2, 0.25) is 5.88 Å². The van der Waals surface area contributed by atoms with Crippen molar-refractivity contribution in [3.63, 3.8) is 0 Å². The Balaban J connectivity index is 1.33. The van der Waals surface area contributed by atoms with Gasteiger partial charge in [-0.3, -0.25) is 9.36 Å². The van der Waals surface area contributed by atoms with Gasteiger partial charge in [0.05, 0.1) is 7.11 Å². The highest BCUT2D eigenvalue weighted by atomic mass is 16.5. The number of ether oxygens (including phenoxy) is 2. The number of aromatic nitrogens is 5. The van der Waals surface area contributed by atoms with Gasteiger partial charge in [-0.15, -0.1) is 10.2 Å². The van der Waals surface area contributed by atoms with Crippen molar-refractivity contribution in [2.24, 2.45) is 0 Å². The molecule has 1 unspecified atom stereocenters. The molecule has 0 radical (unpaired) electrons. The largest absolute Gasteiger partial charge is 0.497 e. The van der Waals surface area contributed by atoms with Gasteiger partial charge >= 0.3 is 0 Å². The number of nitrogens with zero attached hydrogens (tertiary/aromatic N) is 6. The molecule has 178 valence electrons. The van der Waals surface area contributed by atoms with E-state index in [0.717, 1.165) is 24.2 Å². The summed E-state index contributed by atoms with van der Waals surface area (Å²) in [6.07, 6.45) is 5.01. The molecule has 1 amide bonds. The van der Waals surface area contributed by atoms with Crippen LogP contribution in [-0.2, 0) is 0 Å². The molecule has 5 rings (SSSR count). The summed E-state index contributed by atoms with van der Waals surface area (Å²) in [5.74, 6) is 2.54. The average molecular weight is 471 g/mol. The maximum absolute atomic E-state index is 13.3. The van der Waals surface area contributed by atoms with Gasteiger partial charge in [-0.05, 0) is 50.1 Å². The first-order valence-corrected chi connectivity index (χ1v) is 11.5. The van der Waals surface area contributed by atoms with Crippen molar-refractivity contribution in [1.29, 1.82) is 0 Å². The number of piperidine rings is 1. The van der Waals surface area contributed by atoms with Crippen LogP contribution in [0.2, 0.25) is 0 Å². The van der Waals surface area contributed by atoms with E-state index in [9.17, 15) is 4.79 Å². The third kappa shape index (κ3) is 5.13. The predicted octanol–water partition coefficient (Wildman–Crippen LogP) is 4.19. The Morgan fingerprint density at radius 1 is 1.00 bits per heavy atom. The number of hydrogen-bond acceptors (Lipinski definition) is 7. The Labute approximate surface area is 203 Å². The summed E-state index contributed by atoms with van der Waals surface area (Å²) in [6.45, 7) is 3.18. The van der Waals surface area contributed by atoms with Crippen LogP contribution in [0, 0.1) is 6.92 Å². The zero-order valence-electron chi connectivity index (χ0n) is 19.7. The van der Waals surface area contributed by atoms with E-state index in [1.165, 1.54) is 0 Å². The van der Waals surface area contributed by atoms with E-state index >= 15 is 0 Å². The minimum absolute atomic E-state index is 0.00914. The van der Waals surface area contributed by atoms with Crippen LogP contribution in [0.3, 0.4) is 0 Å². The Morgan fingerprint density at radius 2 is 1.80 bits per heavy atom. The third-order valence-corrected chi connectivity index (χ3v) is 6.00. The maximum atomic E-state index is 13.3. The van der Waals surface area contributed by atoms with E-state index in [4.69, 9.17) is 14.5 Å². The lowest BCUT2D eigenvalue weighted by atomic mass is 9.96. The minimum atomic E-state index is -0.00914. The van der Waals surface area contributed by atoms with Crippen molar-refractivity contribution in [1.82, 2.24) is 29.6 Å². The summed E-state index contributed by atoms with van der Waals surface area (Å²) in [6, 6.07) is 16.7. The summed E-state index contributed by atoms with van der Waals surface area (Å²) < 4.78 is 13.1. The lowest BCUT2D eigenvalue weighted by molar-refractivity contribution is 0.0704. The molecule has 0 N–H and O–H groups in total. The monoisotopic (exact) mass is 470 g/mol. The second-order valence-electron chi connectivity index (χ2n) is 8.50. The van der Waals surface area contributed by atoms with E-state index in [1.807, 2.05) is 66.4 Å². The number of benzene rings is 2. The molecule has 1 fully saturated rings. The lowest BCUT2D eigenvalue weighted by Crippen LogP contribution is -2.39. The highest BCUT2D eigenvalue weighted by Gasteiger charge is 2.28. The van der Waals surface area contributed by atoms with Gasteiger partial charge < -0.3 is 14.4 Å². The molecule has 0 bridgehead atoms. The highest BCUT2D eigenvalue weighted by molar-refractivity contribution is 5.94. The Bertz CT molecular complexity index is 1320. The van der Waals surface area contributed by atoms with E-state index in [1.54, 1.807) is 24.3 Å². The second-order valence-corrected chi connectivity index (χ2v) is 8.50. The molecule has 2 aromatic heterocycles. The predicted molar refractivity (Wildman–Crippen MR) is 129 cm³/mol. The summed E-state index contributed by atoms with van der Waals surface area (Å²) in [4.78, 5) is 24.6. The Kier molecular flexibility index (Phi) is 6.38. The van der Waals surface area contributed by atoms with Gasteiger partial charge in [0.15, 0.2) is 0 Å². The first kappa shape index (κ1) is 22.5. The fourth-order valence-electron chi connectivity index (χ4n) is 4.27. The summed E-state index contributed by atoms with van der Waals surface area (Å²) in [5, 5.41) is 7.69. The van der Waals surface area contributed by atoms with Crippen LogP contribution >= 0.6 is 0 Å². The molecule has 0 aliphatic carbocycles. The number of hydrogen-bond donors (Lipinski definition) is 0. The highest BCUT2D eigenvalue weighted by Crippen LogP contribution is 2.29. The van der Waals surface area contributed by atoms with Gasteiger partial charge in [-0.1, -0.05) is 12.1 Å². The molecule has 2 aromatic carbocycles. The first-order valence-electron chi connectivity index (χ1n) is 11.5. The molecule has 1 saturated heterocycles. The van der Waals surface area contributed by atoms with Gasteiger partial charge in [0.25, 0.3) is 5.91 Å². The molecule has 4 aromatic rings. The number of amides is 1. The number of rotatable bonds is 6. The van der Waals surface area contributed by atoms with Crippen LogP contribution in [-0.4, -0.2) is 55.7 Å². The molecular formula is C26H26N6O3. The number of carbonyl (C=O) groups excluding carboxylic acids is 1. The quantitative estimate of drug-likeness (QED) is 0.417. The third-order valence-electron chi connectivity index (χ3n) is 6.00. The smallest absolute Gasteiger partial charge is 0.253 e. The molecule has 9 heteroatoms. The second kappa shape index (κ2) is 9.92. The van der Waals surface area contributed by atoms with Crippen LogP contribution in [0.15, 0.2) is 67.3 Å². The van der Waals surface area contributed by atoms with Gasteiger partial charge in [-0.2, -0.15) is 4.98 Å². The van der Waals surface area contributed by atoms with Gasteiger partial charge in [-0.25, -0.2) is 4.98 Å². The van der Waals surface area contributed by atoms with Crippen molar-refractivity contribution in [2.75, 3.05) is 20.2 Å². The fraction of sp³-hybridized carbons (Fsp3) is 0.269. The standard InChI is InChI=1S/C26H26N6O3/c1-18-12-24(35-23-10-4-9-22(14-23)34-2)30-25(29-18)20-7-5-11-31(15-20)26(33)19-6-3-8-21(13-19)32-16-27-28-17-32/h3-4,6,8-10,12-14,16-17,20H,5,7,11,15H2,1-2H3. The summed E-state index contributed by atoms with van der Waals surface area (Å²) in [5.41, 5.74) is 2.29. The first-order chi connectivity index (χ1) is 17.1. The number of methoxy groups -OCH3 is 1. The van der Waals surface area contributed by atoms with Crippen LogP contribution in [0.1, 0.15) is 40.6 Å². The van der Waals surface area contributed by atoms with Crippen LogP contribution in [0.5, 0.6) is 17.4 Å². The molecule has 1 aliphatic rings. The Morgan fingerprint density at radius 3 is 2.63 bits per heavy atom. The molecule has 3 heterocycles. The number of aryl methyl sites for hydroxylation is 1. The van der Waals surface area contributed by atoms with Gasteiger partial charge in [0.1, 0.15) is 30.0 Å². The minimum Gasteiger partial charge on any atom is -0.497 e. The zero-order chi connectivity index (χ0) is 24.2. The van der Waals surface area contributed by atoms with Crippen molar-refractivity contribution >= 4 is 5.91 Å².